The van der Waals surface area contributed by atoms with E-state index in [1.807, 2.05) is 25.3 Å². The minimum absolute atomic E-state index is 0.475. The van der Waals surface area contributed by atoms with Crippen molar-refractivity contribution in [3.05, 3.63) is 64.2 Å². The Balaban J connectivity index is 2.15. The number of hydrogen-bond acceptors (Lipinski definition) is 2. The molecule has 3 aromatic heterocycles. The van der Waals surface area contributed by atoms with Gasteiger partial charge in [-0.15, -0.1) is 0 Å². The van der Waals surface area contributed by atoms with Crippen molar-refractivity contribution in [3.63, 3.8) is 0 Å². The monoisotopic (exact) mass is 303 g/mol. The van der Waals surface area contributed by atoms with Crippen molar-refractivity contribution in [1.82, 2.24) is 15.0 Å². The highest BCUT2D eigenvalue weighted by atomic mass is 35.5. The second-order valence-corrected chi connectivity index (χ2v) is 5.32. The van der Waals surface area contributed by atoms with Crippen LogP contribution in [-0.4, -0.2) is 15.0 Å². The fraction of sp³-hybridized carbons (Fsp3) is 0.0667. The molecule has 3 heterocycles. The Morgan fingerprint density at radius 2 is 2.05 bits per heavy atom. The summed E-state index contributed by atoms with van der Waals surface area (Å²) in [5.74, 6) is 0. The van der Waals surface area contributed by atoms with Gasteiger partial charge in [-0.05, 0) is 30.7 Å². The van der Waals surface area contributed by atoms with Crippen LogP contribution in [-0.2, 0) is 0 Å². The summed E-state index contributed by atoms with van der Waals surface area (Å²) in [6.45, 7) is 6.07. The molecule has 20 heavy (non-hydrogen) atoms. The Labute approximate surface area is 126 Å². The Hall–Kier alpha value is -1.84. The summed E-state index contributed by atoms with van der Waals surface area (Å²) in [4.78, 5) is 11.6. The van der Waals surface area contributed by atoms with Crippen LogP contribution in [0.1, 0.15) is 16.8 Å². The molecule has 100 valence electrons. The number of halogens is 2. The van der Waals surface area contributed by atoms with Crippen LogP contribution in [0, 0.1) is 6.92 Å². The standard InChI is InChI=1S/C15H11Cl2N3/c1-8(11-3-4-14(17)20-9(11)2)13-7-19-15-12(13)5-10(16)6-18-15/h3-7H,1H2,2H3,(H,18,19). The molecule has 0 aliphatic carbocycles. The lowest BCUT2D eigenvalue weighted by molar-refractivity contribution is 1.18. The van der Waals surface area contributed by atoms with E-state index in [2.05, 4.69) is 21.5 Å². The third kappa shape index (κ3) is 2.19. The number of aromatic amines is 1. The Kier molecular flexibility index (Phi) is 3.24. The first kappa shape index (κ1) is 13.2. The van der Waals surface area contributed by atoms with Gasteiger partial charge in [-0.3, -0.25) is 0 Å². The fourth-order valence-corrected chi connectivity index (χ4v) is 2.57. The summed E-state index contributed by atoms with van der Waals surface area (Å²) in [5, 5.41) is 2.01. The number of aryl methyl sites for hydroxylation is 1. The van der Waals surface area contributed by atoms with E-state index in [9.17, 15) is 0 Å². The third-order valence-corrected chi connectivity index (χ3v) is 3.62. The van der Waals surface area contributed by atoms with Crippen molar-refractivity contribution in [3.8, 4) is 0 Å². The topological polar surface area (TPSA) is 41.6 Å². The second-order valence-electron chi connectivity index (χ2n) is 4.50. The van der Waals surface area contributed by atoms with E-state index < -0.39 is 0 Å². The molecule has 0 saturated heterocycles. The van der Waals surface area contributed by atoms with Crippen molar-refractivity contribution in [2.75, 3.05) is 0 Å². The largest absolute Gasteiger partial charge is 0.346 e. The fourth-order valence-electron chi connectivity index (χ4n) is 2.22. The van der Waals surface area contributed by atoms with Gasteiger partial charge < -0.3 is 4.98 Å². The minimum Gasteiger partial charge on any atom is -0.346 e. The van der Waals surface area contributed by atoms with Gasteiger partial charge in [-0.2, -0.15) is 0 Å². The number of nitrogens with zero attached hydrogens (tertiary/aromatic N) is 2. The molecule has 0 saturated carbocycles. The molecule has 0 fully saturated rings. The highest BCUT2D eigenvalue weighted by Crippen LogP contribution is 2.30. The predicted molar refractivity (Wildman–Crippen MR) is 83.2 cm³/mol. The third-order valence-electron chi connectivity index (χ3n) is 3.20. The molecule has 0 spiro atoms. The van der Waals surface area contributed by atoms with Crippen LogP contribution >= 0.6 is 23.2 Å². The number of pyridine rings is 2. The second kappa shape index (κ2) is 4.93. The number of nitrogens with one attached hydrogen (secondary N) is 1. The number of H-pyrrole nitrogens is 1. The van der Waals surface area contributed by atoms with Crippen molar-refractivity contribution in [2.24, 2.45) is 0 Å². The van der Waals surface area contributed by atoms with Gasteiger partial charge in [0, 0.05) is 34.6 Å². The molecule has 3 rings (SSSR count). The zero-order chi connectivity index (χ0) is 14.3. The first-order valence-electron chi connectivity index (χ1n) is 6.01. The quantitative estimate of drug-likeness (QED) is 0.701. The van der Waals surface area contributed by atoms with Gasteiger partial charge >= 0.3 is 0 Å². The highest BCUT2D eigenvalue weighted by molar-refractivity contribution is 6.31. The maximum atomic E-state index is 6.01. The molecule has 3 nitrogen and oxygen atoms in total. The van der Waals surface area contributed by atoms with Crippen LogP contribution in [0.25, 0.3) is 16.6 Å². The van der Waals surface area contributed by atoms with E-state index in [1.165, 1.54) is 0 Å². The molecule has 1 N–H and O–H groups in total. The van der Waals surface area contributed by atoms with Gasteiger partial charge in [0.15, 0.2) is 0 Å². The lowest BCUT2D eigenvalue weighted by Gasteiger charge is -2.08. The minimum atomic E-state index is 0.475. The number of rotatable bonds is 2. The summed E-state index contributed by atoms with van der Waals surface area (Å²) in [5.41, 5.74) is 4.40. The predicted octanol–water partition coefficient (Wildman–Crippen LogP) is 4.63. The summed E-state index contributed by atoms with van der Waals surface area (Å²) in [6, 6.07) is 5.55. The lowest BCUT2D eigenvalue weighted by Crippen LogP contribution is -1.93. The lowest BCUT2D eigenvalue weighted by atomic mass is 9.99. The van der Waals surface area contributed by atoms with Crippen LogP contribution in [0.4, 0.5) is 0 Å². The van der Waals surface area contributed by atoms with Gasteiger partial charge in [0.2, 0.25) is 0 Å². The maximum absolute atomic E-state index is 6.01. The molecule has 0 atom stereocenters. The van der Waals surface area contributed by atoms with E-state index in [1.54, 1.807) is 12.3 Å². The summed E-state index contributed by atoms with van der Waals surface area (Å²) >= 11 is 11.9. The number of aromatic nitrogens is 3. The van der Waals surface area contributed by atoms with Crippen molar-refractivity contribution < 1.29 is 0 Å². The molecule has 0 bridgehead atoms. The Morgan fingerprint density at radius 1 is 1.25 bits per heavy atom. The Bertz CT molecular complexity index is 821. The zero-order valence-electron chi connectivity index (χ0n) is 10.7. The summed E-state index contributed by atoms with van der Waals surface area (Å²) in [6.07, 6.45) is 3.49. The van der Waals surface area contributed by atoms with E-state index in [0.717, 1.165) is 33.4 Å². The first-order chi connectivity index (χ1) is 9.56. The molecule has 0 aliphatic rings. The van der Waals surface area contributed by atoms with Crippen molar-refractivity contribution in [1.29, 1.82) is 0 Å². The first-order valence-corrected chi connectivity index (χ1v) is 6.77. The van der Waals surface area contributed by atoms with E-state index >= 15 is 0 Å². The normalized spacial score (nSPS) is 10.9. The van der Waals surface area contributed by atoms with Gasteiger partial charge in [0.1, 0.15) is 10.8 Å². The molecule has 0 aromatic carbocycles. The van der Waals surface area contributed by atoms with Gasteiger partial charge in [0.05, 0.1) is 5.02 Å². The highest BCUT2D eigenvalue weighted by Gasteiger charge is 2.12. The van der Waals surface area contributed by atoms with Gasteiger partial charge in [-0.1, -0.05) is 29.8 Å². The zero-order valence-corrected chi connectivity index (χ0v) is 12.3. The van der Waals surface area contributed by atoms with E-state index in [-0.39, 0.29) is 0 Å². The van der Waals surface area contributed by atoms with Crippen LogP contribution in [0.2, 0.25) is 10.2 Å². The number of fused-ring (bicyclic) bond motifs is 1. The molecule has 0 radical (unpaired) electrons. The van der Waals surface area contributed by atoms with Crippen molar-refractivity contribution >= 4 is 39.8 Å². The van der Waals surface area contributed by atoms with Gasteiger partial charge in [0.25, 0.3) is 0 Å². The number of hydrogen-bond donors (Lipinski definition) is 1. The molecule has 5 heteroatoms. The maximum Gasteiger partial charge on any atom is 0.137 e. The van der Waals surface area contributed by atoms with E-state index in [0.29, 0.717) is 10.2 Å². The molecular weight excluding hydrogens is 293 g/mol. The molecular formula is C15H11Cl2N3. The molecule has 0 amide bonds. The molecule has 0 aliphatic heterocycles. The molecule has 3 aromatic rings. The van der Waals surface area contributed by atoms with Crippen LogP contribution in [0.3, 0.4) is 0 Å². The summed E-state index contributed by atoms with van der Waals surface area (Å²) in [7, 11) is 0. The summed E-state index contributed by atoms with van der Waals surface area (Å²) < 4.78 is 0. The average molecular weight is 304 g/mol. The molecule has 0 unspecified atom stereocenters. The average Bonchev–Trinajstić information content (AvgIpc) is 2.81. The SMILES string of the molecule is C=C(c1ccc(Cl)nc1C)c1c[nH]c2ncc(Cl)cc12. The Morgan fingerprint density at radius 3 is 2.80 bits per heavy atom. The van der Waals surface area contributed by atoms with E-state index in [4.69, 9.17) is 23.2 Å². The van der Waals surface area contributed by atoms with Gasteiger partial charge in [-0.25, -0.2) is 9.97 Å². The van der Waals surface area contributed by atoms with Crippen LogP contribution in [0.5, 0.6) is 0 Å². The van der Waals surface area contributed by atoms with Crippen LogP contribution < -0.4 is 0 Å². The van der Waals surface area contributed by atoms with Crippen LogP contribution in [0.15, 0.2) is 37.2 Å². The van der Waals surface area contributed by atoms with Crippen molar-refractivity contribution in [2.45, 2.75) is 6.92 Å². The smallest absolute Gasteiger partial charge is 0.137 e.